The Morgan fingerprint density at radius 3 is 2.34 bits per heavy atom. The fourth-order valence-corrected chi connectivity index (χ4v) is 3.82. The van der Waals surface area contributed by atoms with Crippen LogP contribution in [-0.4, -0.2) is 53.9 Å². The fraction of sp³-hybridized carbons (Fsp3) is 0.316. The Labute approximate surface area is 170 Å². The summed E-state index contributed by atoms with van der Waals surface area (Å²) < 4.78 is 43.1. The van der Waals surface area contributed by atoms with Crippen LogP contribution in [0, 0.1) is 0 Å². The lowest BCUT2D eigenvalue weighted by Gasteiger charge is -2.27. The van der Waals surface area contributed by atoms with Crippen LogP contribution >= 0.6 is 0 Å². The summed E-state index contributed by atoms with van der Waals surface area (Å²) in [6.45, 7) is 1.41. The van der Waals surface area contributed by atoms with Gasteiger partial charge in [-0.3, -0.25) is 4.90 Å². The predicted octanol–water partition coefficient (Wildman–Crippen LogP) is 1.37. The highest BCUT2D eigenvalue weighted by atomic mass is 32.2. The average Bonchev–Trinajstić information content (AvgIpc) is 2.75. The maximum atomic E-state index is 12.5. The molecule has 0 spiro atoms. The van der Waals surface area contributed by atoms with Gasteiger partial charge < -0.3 is 19.5 Å². The number of guanidine groups is 1. The van der Waals surface area contributed by atoms with Crippen molar-refractivity contribution >= 4 is 16.0 Å². The third kappa shape index (κ3) is 5.09. The number of aliphatic imine (C=N–C) groups is 1. The second-order valence-corrected chi connectivity index (χ2v) is 7.96. The van der Waals surface area contributed by atoms with Gasteiger partial charge in [-0.05, 0) is 42.0 Å². The Morgan fingerprint density at radius 2 is 1.76 bits per heavy atom. The second-order valence-electron chi connectivity index (χ2n) is 6.28. The number of ether oxygens (including phenoxy) is 3. The van der Waals surface area contributed by atoms with Crippen molar-refractivity contribution in [1.82, 2.24) is 14.9 Å². The normalized spacial score (nSPS) is 14.5. The van der Waals surface area contributed by atoms with Crippen LogP contribution in [0.5, 0.6) is 17.2 Å². The number of methoxy groups -OCH3 is 3. The van der Waals surface area contributed by atoms with E-state index in [0.717, 1.165) is 5.56 Å². The third-order valence-electron chi connectivity index (χ3n) is 4.35. The summed E-state index contributed by atoms with van der Waals surface area (Å²) in [5, 5.41) is 2.99. The van der Waals surface area contributed by atoms with Crippen LogP contribution in [0.15, 0.2) is 52.4 Å². The van der Waals surface area contributed by atoms with Crippen molar-refractivity contribution in [3.05, 3.63) is 48.0 Å². The number of nitrogens with zero attached hydrogens (tertiary/aromatic N) is 2. The van der Waals surface area contributed by atoms with Crippen molar-refractivity contribution in [3.8, 4) is 17.2 Å². The summed E-state index contributed by atoms with van der Waals surface area (Å²) in [6.07, 6.45) is 0. The molecule has 29 heavy (non-hydrogen) atoms. The number of rotatable bonds is 7. The van der Waals surface area contributed by atoms with Gasteiger partial charge in [0, 0.05) is 6.54 Å². The van der Waals surface area contributed by atoms with Crippen LogP contribution in [0.2, 0.25) is 0 Å². The molecule has 2 aromatic rings. The van der Waals surface area contributed by atoms with Crippen molar-refractivity contribution in [2.24, 2.45) is 4.99 Å². The highest BCUT2D eigenvalue weighted by molar-refractivity contribution is 7.90. The van der Waals surface area contributed by atoms with Gasteiger partial charge in [0.05, 0.1) is 39.6 Å². The average molecular weight is 420 g/mol. The number of hydrogen-bond donors (Lipinski definition) is 2. The van der Waals surface area contributed by atoms with Gasteiger partial charge in [0.2, 0.25) is 5.96 Å². The van der Waals surface area contributed by atoms with E-state index < -0.39 is 10.0 Å². The Bertz CT molecular complexity index is 977. The number of benzene rings is 2. The summed E-state index contributed by atoms with van der Waals surface area (Å²) in [6, 6.07) is 11.9. The first-order valence-electron chi connectivity index (χ1n) is 8.83. The monoisotopic (exact) mass is 420 g/mol. The van der Waals surface area contributed by atoms with Crippen LogP contribution < -0.4 is 24.2 Å². The molecule has 10 heteroatoms. The van der Waals surface area contributed by atoms with Gasteiger partial charge in [0.15, 0.2) is 11.5 Å². The van der Waals surface area contributed by atoms with E-state index >= 15 is 0 Å². The Morgan fingerprint density at radius 1 is 1.03 bits per heavy atom. The molecule has 3 rings (SSSR count). The maximum absolute atomic E-state index is 12.5. The molecular weight excluding hydrogens is 396 g/mol. The zero-order valence-electron chi connectivity index (χ0n) is 16.5. The van der Waals surface area contributed by atoms with Crippen LogP contribution in [-0.2, 0) is 16.6 Å². The molecule has 1 heterocycles. The van der Waals surface area contributed by atoms with E-state index in [0.29, 0.717) is 37.1 Å². The van der Waals surface area contributed by atoms with Crippen LogP contribution in [0.4, 0.5) is 0 Å². The van der Waals surface area contributed by atoms with Gasteiger partial charge in [-0.25, -0.2) is 18.1 Å². The Hall–Kier alpha value is -2.98. The molecule has 2 aromatic carbocycles. The molecule has 156 valence electrons. The van der Waals surface area contributed by atoms with E-state index in [2.05, 4.69) is 15.0 Å². The quantitative estimate of drug-likeness (QED) is 0.698. The Balaban J connectivity index is 1.61. The van der Waals surface area contributed by atoms with Gasteiger partial charge in [0.25, 0.3) is 10.0 Å². The minimum Gasteiger partial charge on any atom is -0.497 e. The molecule has 0 unspecified atom stereocenters. The molecule has 0 bridgehead atoms. The first-order chi connectivity index (χ1) is 13.9. The minimum absolute atomic E-state index is 0.135. The molecule has 0 aromatic heterocycles. The van der Waals surface area contributed by atoms with E-state index in [1.54, 1.807) is 26.4 Å². The van der Waals surface area contributed by atoms with Crippen molar-refractivity contribution in [2.45, 2.75) is 11.4 Å². The van der Waals surface area contributed by atoms with E-state index in [1.807, 2.05) is 23.1 Å². The number of hydrogen-bond acceptors (Lipinski definition) is 8. The zero-order valence-corrected chi connectivity index (χ0v) is 17.3. The molecule has 9 nitrogen and oxygen atoms in total. The largest absolute Gasteiger partial charge is 0.497 e. The summed E-state index contributed by atoms with van der Waals surface area (Å²) >= 11 is 0. The van der Waals surface area contributed by atoms with E-state index in [1.165, 1.54) is 19.2 Å². The summed E-state index contributed by atoms with van der Waals surface area (Å²) in [4.78, 5) is 6.44. The van der Waals surface area contributed by atoms with Crippen molar-refractivity contribution < 1.29 is 22.6 Å². The molecule has 1 aliphatic rings. The molecule has 0 atom stereocenters. The van der Waals surface area contributed by atoms with Gasteiger partial charge in [-0.2, -0.15) is 0 Å². The van der Waals surface area contributed by atoms with Gasteiger partial charge in [-0.15, -0.1) is 0 Å². The molecule has 0 aliphatic carbocycles. The molecule has 0 saturated carbocycles. The van der Waals surface area contributed by atoms with E-state index in [-0.39, 0.29) is 10.9 Å². The molecule has 1 aliphatic heterocycles. The summed E-state index contributed by atoms with van der Waals surface area (Å²) in [5.74, 6) is 2.12. The molecular formula is C19H24N4O5S. The molecule has 0 fully saturated rings. The highest BCUT2D eigenvalue weighted by Crippen LogP contribution is 2.28. The van der Waals surface area contributed by atoms with Crippen LogP contribution in [0.25, 0.3) is 0 Å². The lowest BCUT2D eigenvalue weighted by atomic mass is 10.2. The summed E-state index contributed by atoms with van der Waals surface area (Å²) in [7, 11) is 0.984. The van der Waals surface area contributed by atoms with Gasteiger partial charge >= 0.3 is 0 Å². The lowest BCUT2D eigenvalue weighted by Crippen LogP contribution is -2.49. The highest BCUT2D eigenvalue weighted by Gasteiger charge is 2.20. The molecule has 0 saturated heterocycles. The summed E-state index contributed by atoms with van der Waals surface area (Å²) in [5.41, 5.74) is 1.03. The second kappa shape index (κ2) is 9.01. The number of nitrogens with one attached hydrogen (secondary N) is 2. The van der Waals surface area contributed by atoms with Crippen LogP contribution in [0.3, 0.4) is 0 Å². The third-order valence-corrected chi connectivity index (χ3v) is 5.71. The maximum Gasteiger partial charge on any atom is 0.264 e. The molecule has 0 radical (unpaired) electrons. The predicted molar refractivity (Wildman–Crippen MR) is 109 cm³/mol. The number of sulfonamides is 1. The van der Waals surface area contributed by atoms with Crippen molar-refractivity contribution in [1.29, 1.82) is 0 Å². The van der Waals surface area contributed by atoms with E-state index in [4.69, 9.17) is 14.2 Å². The SMILES string of the molecule is COc1ccc(S(=O)(=O)NC2=NCN(Cc3ccc(OC)c(OC)c3)CN2)cc1. The molecule has 0 amide bonds. The first kappa shape index (κ1) is 20.7. The zero-order chi connectivity index (χ0) is 20.9. The minimum atomic E-state index is -3.73. The standard InChI is InChI=1S/C19H24N4O5S/c1-26-15-5-7-16(8-6-15)29(24,25)22-19-20-12-23(13-21-19)11-14-4-9-17(27-2)18(10-14)28-3/h4-10H,11-13H2,1-3H3,(H2,20,21,22). The topological polar surface area (TPSA) is 101 Å². The van der Waals surface area contributed by atoms with E-state index in [9.17, 15) is 8.42 Å². The fourth-order valence-electron chi connectivity index (χ4n) is 2.82. The first-order valence-corrected chi connectivity index (χ1v) is 10.3. The van der Waals surface area contributed by atoms with Crippen molar-refractivity contribution in [2.75, 3.05) is 34.7 Å². The lowest BCUT2D eigenvalue weighted by molar-refractivity contribution is 0.254. The van der Waals surface area contributed by atoms with Gasteiger partial charge in [0.1, 0.15) is 5.75 Å². The van der Waals surface area contributed by atoms with Crippen molar-refractivity contribution in [3.63, 3.8) is 0 Å². The van der Waals surface area contributed by atoms with Gasteiger partial charge in [-0.1, -0.05) is 6.07 Å². The smallest absolute Gasteiger partial charge is 0.264 e. The Kier molecular flexibility index (Phi) is 6.45. The molecule has 2 N–H and O–H groups in total. The van der Waals surface area contributed by atoms with Crippen LogP contribution in [0.1, 0.15) is 5.56 Å².